The predicted octanol–water partition coefficient (Wildman–Crippen LogP) is 3.28. The number of hydrogen-bond acceptors (Lipinski definition) is 24. The van der Waals surface area contributed by atoms with Crippen LogP contribution in [0.25, 0.3) is 0 Å². The van der Waals surface area contributed by atoms with Crippen molar-refractivity contribution in [3.8, 4) is 0 Å². The summed E-state index contributed by atoms with van der Waals surface area (Å²) in [5.74, 6) is -2.80. The fourth-order valence-electron chi connectivity index (χ4n) is 7.97. The molecule has 0 saturated carbocycles. The zero-order valence-corrected chi connectivity index (χ0v) is 57.1. The van der Waals surface area contributed by atoms with Gasteiger partial charge in [-0.05, 0) is 43.9 Å². The molecule has 2 atom stereocenters. The monoisotopic (exact) mass is 1390 g/mol. The van der Waals surface area contributed by atoms with Crippen molar-refractivity contribution in [2.45, 2.75) is 90.4 Å². The van der Waals surface area contributed by atoms with Crippen LogP contribution in [-0.2, 0) is 124 Å². The van der Waals surface area contributed by atoms with Gasteiger partial charge < -0.3 is 108 Å². The van der Waals surface area contributed by atoms with Crippen molar-refractivity contribution >= 4 is 47.8 Å². The van der Waals surface area contributed by atoms with Crippen LogP contribution in [0.2, 0.25) is 0 Å². The smallest absolute Gasteiger partial charge is 0.408 e. The Bertz CT molecular complexity index is 2580. The van der Waals surface area contributed by atoms with Gasteiger partial charge in [0.1, 0.15) is 37.5 Å². The van der Waals surface area contributed by atoms with E-state index in [1.807, 2.05) is 30.3 Å². The molecule has 0 aliphatic carbocycles. The van der Waals surface area contributed by atoms with E-state index in [2.05, 4.69) is 31.9 Å². The molecule has 0 heterocycles. The molecule has 0 spiro atoms. The molecule has 0 fully saturated rings. The Kier molecular flexibility index (Phi) is 49.7. The van der Waals surface area contributed by atoms with Gasteiger partial charge in [-0.25, -0.2) is 9.59 Å². The average Bonchev–Trinajstić information content (AvgIpc) is 0.883. The fourth-order valence-corrected chi connectivity index (χ4v) is 7.97. The van der Waals surface area contributed by atoms with Crippen molar-refractivity contribution in [1.82, 2.24) is 31.9 Å². The Morgan fingerprint density at radius 2 is 0.602 bits per heavy atom. The van der Waals surface area contributed by atoms with Gasteiger partial charge in [-0.2, -0.15) is 0 Å². The first-order valence-electron chi connectivity index (χ1n) is 33.1. The number of amides is 6. The lowest BCUT2D eigenvalue weighted by Gasteiger charge is -2.27. The summed E-state index contributed by atoms with van der Waals surface area (Å²) in [6.45, 7) is 13.2. The van der Waals surface area contributed by atoms with Crippen LogP contribution in [0, 0.1) is 0 Å². The lowest BCUT2D eigenvalue weighted by atomic mass is 10.1. The third kappa shape index (κ3) is 49.1. The summed E-state index contributed by atoms with van der Waals surface area (Å²) >= 11 is 0. The normalized spacial score (nSPS) is 11.8. The number of alkyl carbamates (subject to hydrolysis) is 2. The van der Waals surface area contributed by atoms with E-state index in [9.17, 15) is 38.4 Å². The molecule has 98 heavy (non-hydrogen) atoms. The summed E-state index contributed by atoms with van der Waals surface area (Å²) in [4.78, 5) is 102. The lowest BCUT2D eigenvalue weighted by Crippen LogP contribution is -2.64. The third-order valence-corrected chi connectivity index (χ3v) is 12.8. The Hall–Kier alpha value is -7.46. The minimum Gasteiger partial charge on any atom is -0.461 e. The fraction of sp³-hybridized carbons (Fsp3) is 0.618. The molecule has 0 aliphatic heterocycles. The molecule has 0 saturated heterocycles. The van der Waals surface area contributed by atoms with E-state index in [-0.39, 0.29) is 142 Å². The number of esters is 2. The highest BCUT2D eigenvalue weighted by Crippen LogP contribution is 2.10. The second-order valence-electron chi connectivity index (χ2n) is 22.1. The zero-order valence-electron chi connectivity index (χ0n) is 57.1. The summed E-state index contributed by atoms with van der Waals surface area (Å²) in [7, 11) is 0. The molecule has 2 unspecified atom stereocenters. The molecule has 0 bridgehead atoms. The number of carbonyl (C=O) groups excluding carboxylic acids is 8. The van der Waals surface area contributed by atoms with Crippen LogP contribution in [-0.4, -0.2) is 250 Å². The Morgan fingerprint density at radius 3 is 0.939 bits per heavy atom. The lowest BCUT2D eigenvalue weighted by molar-refractivity contribution is -0.155. The van der Waals surface area contributed by atoms with Gasteiger partial charge >= 0.3 is 24.1 Å². The SMILES string of the molecule is CC(C)(C)OC(=O)CCCNC(=O)C(NC(=O)OCc1ccccc1)C(NC(=O)OCc1ccccc1)C(=O)NCCOCCOCCOCCOCCC(=O)NCCOCCOCCOCCOCCC(=O)NCCOCCOCCOCCOCCC(=O)OCc1ccccc1. The van der Waals surface area contributed by atoms with Crippen LogP contribution in [0.5, 0.6) is 0 Å². The van der Waals surface area contributed by atoms with E-state index < -0.39 is 47.7 Å². The van der Waals surface area contributed by atoms with Crippen molar-refractivity contribution in [2.75, 3.05) is 185 Å². The van der Waals surface area contributed by atoms with Gasteiger partial charge in [0.2, 0.25) is 23.6 Å². The topological polar surface area (TPSA) is 356 Å². The van der Waals surface area contributed by atoms with Gasteiger partial charge in [-0.1, -0.05) is 91.0 Å². The standard InChI is InChI=1S/C68H104N6O24/c1-68(2,3)98-61(78)20-13-24-71-64(79)62(73-66(81)96-53-56-16-9-5-10-17-56)63(74-67(82)97-54-57-18-11-6-12-19-57)65(80)72-27-33-88-39-45-94-50-47-90-41-35-84-29-22-59(76)69-25-31-86-37-43-92-49-46-89-40-34-83-28-21-58(75)70-26-32-87-38-44-93-51-48-91-42-36-85-30-23-60(77)95-52-55-14-7-4-8-15-55/h4-12,14-19,62-63H,13,20-54H2,1-3H3,(H,69,76)(H,70,75)(H,71,79)(H,72,80)(H,73,81)(H,74,82). The second-order valence-corrected chi connectivity index (χ2v) is 22.1. The van der Waals surface area contributed by atoms with Crippen molar-refractivity contribution in [3.05, 3.63) is 108 Å². The molecule has 550 valence electrons. The molecule has 6 amide bonds. The number of benzene rings is 3. The van der Waals surface area contributed by atoms with Crippen LogP contribution in [0.4, 0.5) is 9.59 Å². The minimum atomic E-state index is -1.71. The second kappa shape index (κ2) is 57.4. The highest BCUT2D eigenvalue weighted by atomic mass is 16.6. The Labute approximate surface area is 574 Å². The Balaban J connectivity index is 1.10. The number of nitrogens with one attached hydrogen (secondary N) is 6. The number of hydrogen-bond donors (Lipinski definition) is 6. The maximum atomic E-state index is 13.8. The molecular weight excluding hydrogens is 1280 g/mol. The highest BCUT2D eigenvalue weighted by molar-refractivity contribution is 5.96. The van der Waals surface area contributed by atoms with Gasteiger partial charge in [-0.3, -0.25) is 28.8 Å². The summed E-state index contributed by atoms with van der Waals surface area (Å²) in [6, 6.07) is 23.6. The molecule has 3 rings (SSSR count). The van der Waals surface area contributed by atoms with Crippen molar-refractivity contribution in [2.24, 2.45) is 0 Å². The van der Waals surface area contributed by atoms with Gasteiger partial charge in [0, 0.05) is 45.4 Å². The first-order valence-corrected chi connectivity index (χ1v) is 33.1. The van der Waals surface area contributed by atoms with E-state index in [0.29, 0.717) is 123 Å². The van der Waals surface area contributed by atoms with Crippen molar-refractivity contribution < 1.29 is 114 Å². The van der Waals surface area contributed by atoms with E-state index >= 15 is 0 Å². The summed E-state index contributed by atoms with van der Waals surface area (Å²) in [5.41, 5.74) is 1.56. The summed E-state index contributed by atoms with van der Waals surface area (Å²) in [5, 5.41) is 15.6. The minimum absolute atomic E-state index is 0.0181. The van der Waals surface area contributed by atoms with E-state index in [4.69, 9.17) is 75.8 Å². The van der Waals surface area contributed by atoms with Crippen LogP contribution in [0.15, 0.2) is 91.0 Å². The molecule has 30 nitrogen and oxygen atoms in total. The van der Waals surface area contributed by atoms with Crippen LogP contribution in [0.3, 0.4) is 0 Å². The van der Waals surface area contributed by atoms with Gasteiger partial charge in [0.25, 0.3) is 0 Å². The van der Waals surface area contributed by atoms with Gasteiger partial charge in [0.05, 0.1) is 165 Å². The molecule has 0 aromatic heterocycles. The molecular formula is C68H104N6O24. The Morgan fingerprint density at radius 1 is 0.316 bits per heavy atom. The van der Waals surface area contributed by atoms with Crippen molar-refractivity contribution in [1.29, 1.82) is 0 Å². The van der Waals surface area contributed by atoms with Crippen LogP contribution < -0.4 is 31.9 Å². The van der Waals surface area contributed by atoms with Crippen molar-refractivity contribution in [3.63, 3.8) is 0 Å². The number of carbonyl (C=O) groups is 8. The summed E-state index contributed by atoms with van der Waals surface area (Å²) in [6.07, 6.45) is -1.37. The quantitative estimate of drug-likeness (QED) is 0.0268. The van der Waals surface area contributed by atoms with Crippen LogP contribution in [0.1, 0.15) is 69.6 Å². The molecule has 6 N–H and O–H groups in total. The van der Waals surface area contributed by atoms with Gasteiger partial charge in [0.15, 0.2) is 0 Å². The molecule has 30 heteroatoms. The molecule has 0 aliphatic rings. The van der Waals surface area contributed by atoms with Crippen LogP contribution >= 0.6 is 0 Å². The van der Waals surface area contributed by atoms with Gasteiger partial charge in [-0.15, -0.1) is 0 Å². The third-order valence-electron chi connectivity index (χ3n) is 12.8. The molecule has 3 aromatic rings. The average molecular weight is 1390 g/mol. The first-order chi connectivity index (χ1) is 47.7. The largest absolute Gasteiger partial charge is 0.461 e. The van der Waals surface area contributed by atoms with E-state index in [1.54, 1.807) is 81.4 Å². The number of ether oxygens (including phenoxy) is 16. The molecule has 3 aromatic carbocycles. The van der Waals surface area contributed by atoms with E-state index in [0.717, 1.165) is 5.56 Å². The van der Waals surface area contributed by atoms with E-state index in [1.165, 1.54) is 0 Å². The summed E-state index contributed by atoms with van der Waals surface area (Å²) < 4.78 is 87.2. The molecule has 0 radical (unpaired) electrons. The zero-order chi connectivity index (χ0) is 70.6. The maximum Gasteiger partial charge on any atom is 0.408 e. The number of rotatable bonds is 60. The maximum absolute atomic E-state index is 13.8. The first kappa shape index (κ1) is 84.8. The highest BCUT2D eigenvalue weighted by Gasteiger charge is 2.37. The predicted molar refractivity (Wildman–Crippen MR) is 354 cm³/mol.